The molecule has 0 radical (unpaired) electrons. The van der Waals surface area contributed by atoms with E-state index in [0.29, 0.717) is 0 Å². The van der Waals surface area contributed by atoms with Crippen LogP contribution in [0.15, 0.2) is 60.8 Å². The molecule has 3 aromatic rings. The molecule has 1 fully saturated rings. The Labute approximate surface area is 143 Å². The fraction of sp³-hybridized carbons (Fsp3) is 0.286. The Hall–Kier alpha value is -2.39. The minimum atomic E-state index is 1.05. The first-order valence-electron chi connectivity index (χ1n) is 8.67. The van der Waals surface area contributed by atoms with Crippen LogP contribution in [0.1, 0.15) is 11.1 Å². The Bertz CT molecular complexity index is 821. The Balaban J connectivity index is 1.49. The predicted molar refractivity (Wildman–Crippen MR) is 100 cm³/mol. The topological polar surface area (TPSA) is 19.4 Å². The van der Waals surface area contributed by atoms with Gasteiger partial charge in [-0.15, -0.1) is 0 Å². The summed E-state index contributed by atoms with van der Waals surface area (Å²) < 4.78 is 0. The second kappa shape index (κ2) is 6.62. The maximum Gasteiger partial charge on any atom is 0.0751 e. The van der Waals surface area contributed by atoms with Gasteiger partial charge in [0, 0.05) is 50.0 Å². The van der Waals surface area contributed by atoms with E-state index in [1.807, 2.05) is 6.20 Å². The lowest BCUT2D eigenvalue weighted by Crippen LogP contribution is -2.46. The monoisotopic (exact) mass is 317 g/mol. The van der Waals surface area contributed by atoms with Gasteiger partial charge in [0.1, 0.15) is 0 Å². The summed E-state index contributed by atoms with van der Waals surface area (Å²) in [7, 11) is 0. The number of nitrogens with zero attached hydrogens (tertiary/aromatic N) is 3. The fourth-order valence-corrected chi connectivity index (χ4v) is 3.57. The zero-order valence-corrected chi connectivity index (χ0v) is 14.2. The van der Waals surface area contributed by atoms with Crippen molar-refractivity contribution in [1.82, 2.24) is 9.88 Å². The van der Waals surface area contributed by atoms with Crippen molar-refractivity contribution in [3.05, 3.63) is 71.9 Å². The van der Waals surface area contributed by atoms with Crippen LogP contribution in [-0.4, -0.2) is 36.1 Å². The summed E-state index contributed by atoms with van der Waals surface area (Å²) in [6.45, 7) is 7.52. The van der Waals surface area contributed by atoms with Crippen LogP contribution in [0.25, 0.3) is 10.9 Å². The third kappa shape index (κ3) is 3.00. The first-order chi connectivity index (χ1) is 11.8. The van der Waals surface area contributed by atoms with Crippen LogP contribution in [0.2, 0.25) is 0 Å². The van der Waals surface area contributed by atoms with Gasteiger partial charge in [0.05, 0.1) is 5.52 Å². The molecule has 1 aliphatic rings. The number of benzene rings is 2. The van der Waals surface area contributed by atoms with Crippen LogP contribution in [0, 0.1) is 6.92 Å². The maximum atomic E-state index is 4.57. The second-order valence-corrected chi connectivity index (χ2v) is 6.55. The number of hydrogen-bond acceptors (Lipinski definition) is 3. The molecule has 1 aliphatic heterocycles. The van der Waals surface area contributed by atoms with E-state index in [2.05, 4.69) is 76.3 Å². The molecule has 1 saturated heterocycles. The van der Waals surface area contributed by atoms with Gasteiger partial charge >= 0.3 is 0 Å². The third-order valence-corrected chi connectivity index (χ3v) is 4.91. The SMILES string of the molecule is Cc1cccc2c(N3CCN(Cc4ccccc4)CC3)ccnc12. The molecule has 0 N–H and O–H groups in total. The maximum absolute atomic E-state index is 4.57. The van der Waals surface area contributed by atoms with Crippen molar-refractivity contribution < 1.29 is 0 Å². The van der Waals surface area contributed by atoms with E-state index in [4.69, 9.17) is 0 Å². The molecule has 0 saturated carbocycles. The van der Waals surface area contributed by atoms with Crippen LogP contribution in [0.5, 0.6) is 0 Å². The average Bonchev–Trinajstić information content (AvgIpc) is 2.63. The molecule has 0 amide bonds. The van der Waals surface area contributed by atoms with Crippen LogP contribution < -0.4 is 4.90 Å². The summed E-state index contributed by atoms with van der Waals surface area (Å²) in [6, 6.07) is 19.4. The van der Waals surface area contributed by atoms with Gasteiger partial charge in [0.2, 0.25) is 0 Å². The highest BCUT2D eigenvalue weighted by molar-refractivity contribution is 5.93. The van der Waals surface area contributed by atoms with Crippen molar-refractivity contribution in [1.29, 1.82) is 0 Å². The molecule has 3 heteroatoms. The predicted octanol–water partition coefficient (Wildman–Crippen LogP) is 3.87. The number of hydrogen-bond donors (Lipinski definition) is 0. The molecule has 0 atom stereocenters. The van der Waals surface area contributed by atoms with Crippen LogP contribution in [0.4, 0.5) is 5.69 Å². The molecule has 0 unspecified atom stereocenters. The number of aromatic nitrogens is 1. The number of anilines is 1. The number of rotatable bonds is 3. The van der Waals surface area contributed by atoms with Gasteiger partial charge in [0.15, 0.2) is 0 Å². The highest BCUT2D eigenvalue weighted by atomic mass is 15.3. The minimum absolute atomic E-state index is 1.05. The lowest BCUT2D eigenvalue weighted by Gasteiger charge is -2.36. The van der Waals surface area contributed by atoms with Crippen molar-refractivity contribution in [3.8, 4) is 0 Å². The summed E-state index contributed by atoms with van der Waals surface area (Å²) in [4.78, 5) is 9.62. The van der Waals surface area contributed by atoms with E-state index in [0.717, 1.165) is 38.2 Å². The van der Waals surface area contributed by atoms with Gasteiger partial charge in [-0.3, -0.25) is 9.88 Å². The summed E-state index contributed by atoms with van der Waals surface area (Å²) in [6.07, 6.45) is 1.95. The van der Waals surface area contributed by atoms with Crippen molar-refractivity contribution in [3.63, 3.8) is 0 Å². The average molecular weight is 317 g/mol. The summed E-state index contributed by atoms with van der Waals surface area (Å²) in [5, 5.41) is 1.27. The van der Waals surface area contributed by atoms with Crippen LogP contribution >= 0.6 is 0 Å². The fourth-order valence-electron chi connectivity index (χ4n) is 3.57. The third-order valence-electron chi connectivity index (χ3n) is 4.91. The Morgan fingerprint density at radius 3 is 2.46 bits per heavy atom. The Morgan fingerprint density at radius 2 is 1.67 bits per heavy atom. The van der Waals surface area contributed by atoms with Gasteiger partial charge in [-0.2, -0.15) is 0 Å². The lowest BCUT2D eigenvalue weighted by atomic mass is 10.1. The van der Waals surface area contributed by atoms with Crippen LogP contribution in [0.3, 0.4) is 0 Å². The number of pyridine rings is 1. The van der Waals surface area contributed by atoms with E-state index in [1.54, 1.807) is 0 Å². The van der Waals surface area contributed by atoms with Gasteiger partial charge in [-0.1, -0.05) is 48.5 Å². The highest BCUT2D eigenvalue weighted by Crippen LogP contribution is 2.28. The minimum Gasteiger partial charge on any atom is -0.368 e. The first kappa shape index (κ1) is 15.2. The normalized spacial score (nSPS) is 15.8. The molecule has 2 heterocycles. The molecule has 122 valence electrons. The van der Waals surface area contributed by atoms with E-state index >= 15 is 0 Å². The number of piperazine rings is 1. The Morgan fingerprint density at radius 1 is 0.875 bits per heavy atom. The van der Waals surface area contributed by atoms with Crippen LogP contribution in [-0.2, 0) is 6.54 Å². The quantitative estimate of drug-likeness (QED) is 0.731. The summed E-state index contributed by atoms with van der Waals surface area (Å²) >= 11 is 0. The first-order valence-corrected chi connectivity index (χ1v) is 8.67. The van der Waals surface area contributed by atoms with Crippen molar-refractivity contribution in [2.45, 2.75) is 13.5 Å². The van der Waals surface area contributed by atoms with Gasteiger partial charge < -0.3 is 4.90 Å². The van der Waals surface area contributed by atoms with Crippen molar-refractivity contribution >= 4 is 16.6 Å². The van der Waals surface area contributed by atoms with E-state index < -0.39 is 0 Å². The van der Waals surface area contributed by atoms with E-state index in [1.165, 1.54) is 22.2 Å². The molecular weight excluding hydrogens is 294 g/mol. The molecule has 24 heavy (non-hydrogen) atoms. The number of aryl methyl sites for hydroxylation is 1. The number of para-hydroxylation sites is 1. The Kier molecular flexibility index (Phi) is 4.18. The van der Waals surface area contributed by atoms with Gasteiger partial charge in [0.25, 0.3) is 0 Å². The summed E-state index contributed by atoms with van der Waals surface area (Å²) in [5.41, 5.74) is 5.10. The lowest BCUT2D eigenvalue weighted by molar-refractivity contribution is 0.250. The molecule has 2 aromatic carbocycles. The molecule has 3 nitrogen and oxygen atoms in total. The highest BCUT2D eigenvalue weighted by Gasteiger charge is 2.19. The second-order valence-electron chi connectivity index (χ2n) is 6.55. The van der Waals surface area contributed by atoms with Crippen molar-refractivity contribution in [2.75, 3.05) is 31.1 Å². The molecular formula is C21H23N3. The van der Waals surface area contributed by atoms with Crippen molar-refractivity contribution in [2.24, 2.45) is 0 Å². The standard InChI is InChI=1S/C21H23N3/c1-17-6-5-9-19-20(10-11-22-21(17)19)24-14-12-23(13-15-24)16-18-7-3-2-4-8-18/h2-11H,12-16H2,1H3. The number of fused-ring (bicyclic) bond motifs is 1. The zero-order valence-electron chi connectivity index (χ0n) is 14.2. The smallest absolute Gasteiger partial charge is 0.0751 e. The molecule has 0 bridgehead atoms. The van der Waals surface area contributed by atoms with E-state index in [-0.39, 0.29) is 0 Å². The van der Waals surface area contributed by atoms with Gasteiger partial charge in [-0.25, -0.2) is 0 Å². The molecule has 0 spiro atoms. The molecule has 4 rings (SSSR count). The largest absolute Gasteiger partial charge is 0.368 e. The van der Waals surface area contributed by atoms with E-state index in [9.17, 15) is 0 Å². The molecule has 1 aromatic heterocycles. The zero-order chi connectivity index (χ0) is 16.4. The molecule has 0 aliphatic carbocycles. The summed E-state index contributed by atoms with van der Waals surface area (Å²) in [5.74, 6) is 0. The van der Waals surface area contributed by atoms with Gasteiger partial charge in [-0.05, 0) is 24.1 Å².